The van der Waals surface area contributed by atoms with Crippen molar-refractivity contribution < 1.29 is 9.90 Å². The van der Waals surface area contributed by atoms with Crippen molar-refractivity contribution in [2.45, 2.75) is 12.3 Å². The molecule has 1 aromatic rings. The smallest absolute Gasteiger partial charge is 0.307 e. The molecule has 0 radical (unpaired) electrons. The lowest BCUT2D eigenvalue weighted by Gasteiger charge is -2.06. The average Bonchev–Trinajstić information content (AvgIpc) is 2.18. The number of rotatable bonds is 3. The molecular formula is C10H7Cl2NO2. The van der Waals surface area contributed by atoms with E-state index in [1.807, 2.05) is 6.07 Å². The number of carbonyl (C=O) groups is 1. The fourth-order valence-electron chi connectivity index (χ4n) is 1.19. The van der Waals surface area contributed by atoms with Crippen LogP contribution in [0.5, 0.6) is 0 Å². The molecule has 0 saturated carbocycles. The first-order valence-electron chi connectivity index (χ1n) is 4.08. The van der Waals surface area contributed by atoms with E-state index >= 15 is 0 Å². The van der Waals surface area contributed by atoms with Gasteiger partial charge in [0.1, 0.15) is 6.07 Å². The Morgan fingerprint density at radius 3 is 2.53 bits per heavy atom. The molecule has 3 nitrogen and oxygen atoms in total. The second-order valence-electron chi connectivity index (χ2n) is 2.89. The maximum Gasteiger partial charge on any atom is 0.307 e. The zero-order valence-corrected chi connectivity index (χ0v) is 9.14. The summed E-state index contributed by atoms with van der Waals surface area (Å²) < 4.78 is 0. The zero-order chi connectivity index (χ0) is 11.4. The standard InChI is InChI=1S/C10H7Cl2NO2/c11-4-7-2-1-6(3-9(14)15)8(5-13)10(7)12/h1-2H,3-4H2,(H,14,15). The first-order chi connectivity index (χ1) is 7.10. The van der Waals surface area contributed by atoms with E-state index in [0.717, 1.165) is 0 Å². The van der Waals surface area contributed by atoms with E-state index in [1.165, 1.54) is 0 Å². The number of carboxylic acid groups (broad SMARTS) is 1. The maximum atomic E-state index is 10.5. The normalized spacial score (nSPS) is 9.67. The third-order valence-electron chi connectivity index (χ3n) is 1.91. The fraction of sp³-hybridized carbons (Fsp3) is 0.200. The van der Waals surface area contributed by atoms with Gasteiger partial charge >= 0.3 is 5.97 Å². The maximum absolute atomic E-state index is 10.5. The van der Waals surface area contributed by atoms with E-state index < -0.39 is 5.97 Å². The predicted molar refractivity (Wildman–Crippen MR) is 57.1 cm³/mol. The van der Waals surface area contributed by atoms with Gasteiger partial charge in [-0.15, -0.1) is 11.6 Å². The van der Waals surface area contributed by atoms with Crippen molar-refractivity contribution in [3.63, 3.8) is 0 Å². The van der Waals surface area contributed by atoms with Crippen LogP contribution in [-0.4, -0.2) is 11.1 Å². The summed E-state index contributed by atoms with van der Waals surface area (Å²) in [6.45, 7) is 0. The zero-order valence-electron chi connectivity index (χ0n) is 7.63. The molecule has 0 aliphatic heterocycles. The molecule has 0 atom stereocenters. The lowest BCUT2D eigenvalue weighted by Crippen LogP contribution is -2.03. The monoisotopic (exact) mass is 243 g/mol. The second kappa shape index (κ2) is 5.01. The molecule has 5 heteroatoms. The van der Waals surface area contributed by atoms with Crippen molar-refractivity contribution in [1.29, 1.82) is 5.26 Å². The number of halogens is 2. The minimum atomic E-state index is -0.999. The van der Waals surface area contributed by atoms with Gasteiger partial charge in [0.15, 0.2) is 0 Å². The van der Waals surface area contributed by atoms with Gasteiger partial charge in [0.25, 0.3) is 0 Å². The Bertz CT molecular complexity index is 438. The molecule has 78 valence electrons. The van der Waals surface area contributed by atoms with Gasteiger partial charge in [-0.3, -0.25) is 4.79 Å². The SMILES string of the molecule is N#Cc1c(CC(=O)O)ccc(CCl)c1Cl. The van der Waals surface area contributed by atoms with Crippen LogP contribution in [0.4, 0.5) is 0 Å². The molecule has 0 heterocycles. The summed E-state index contributed by atoms with van der Waals surface area (Å²) in [5.41, 5.74) is 1.23. The Balaban J connectivity index is 3.26. The molecule has 0 amide bonds. The molecule has 1 N–H and O–H groups in total. The summed E-state index contributed by atoms with van der Waals surface area (Å²) in [5, 5.41) is 17.7. The molecule has 0 unspecified atom stereocenters. The molecule has 0 spiro atoms. The highest BCUT2D eigenvalue weighted by molar-refractivity contribution is 6.33. The average molecular weight is 244 g/mol. The highest BCUT2D eigenvalue weighted by Crippen LogP contribution is 2.25. The molecule has 0 saturated heterocycles. The molecule has 0 fully saturated rings. The van der Waals surface area contributed by atoms with E-state index in [2.05, 4.69) is 0 Å². The topological polar surface area (TPSA) is 61.1 Å². The van der Waals surface area contributed by atoms with Gasteiger partial charge in [-0.1, -0.05) is 23.7 Å². The number of carboxylic acids is 1. The number of nitrogens with zero attached hydrogens (tertiary/aromatic N) is 1. The quantitative estimate of drug-likeness (QED) is 0.831. The van der Waals surface area contributed by atoms with Gasteiger partial charge in [-0.05, 0) is 11.1 Å². The van der Waals surface area contributed by atoms with Crippen LogP contribution in [0.15, 0.2) is 12.1 Å². The number of aliphatic carboxylic acids is 1. The van der Waals surface area contributed by atoms with Gasteiger partial charge in [0.05, 0.1) is 17.0 Å². The molecule has 0 aliphatic carbocycles. The number of benzene rings is 1. The third-order valence-corrected chi connectivity index (χ3v) is 2.63. The molecular weight excluding hydrogens is 237 g/mol. The number of hydrogen-bond donors (Lipinski definition) is 1. The molecule has 0 bridgehead atoms. The molecule has 1 aromatic carbocycles. The lowest BCUT2D eigenvalue weighted by molar-refractivity contribution is -0.136. The fourth-order valence-corrected chi connectivity index (χ4v) is 1.78. The van der Waals surface area contributed by atoms with Crippen molar-refractivity contribution in [1.82, 2.24) is 0 Å². The summed E-state index contributed by atoms with van der Waals surface area (Å²) in [6.07, 6.45) is -0.217. The minimum absolute atomic E-state index is 0.192. The van der Waals surface area contributed by atoms with Crippen molar-refractivity contribution >= 4 is 29.2 Å². The van der Waals surface area contributed by atoms with Gasteiger partial charge in [-0.2, -0.15) is 5.26 Å². The minimum Gasteiger partial charge on any atom is -0.481 e. The summed E-state index contributed by atoms with van der Waals surface area (Å²) in [5.74, 6) is -0.804. The molecule has 0 aliphatic rings. The Morgan fingerprint density at radius 1 is 1.47 bits per heavy atom. The van der Waals surface area contributed by atoms with Crippen molar-refractivity contribution in [3.8, 4) is 6.07 Å². The van der Waals surface area contributed by atoms with Crippen molar-refractivity contribution in [2.24, 2.45) is 0 Å². The van der Waals surface area contributed by atoms with Gasteiger partial charge in [0.2, 0.25) is 0 Å². The molecule has 1 rings (SSSR count). The molecule has 0 aromatic heterocycles. The third kappa shape index (κ3) is 2.62. The van der Waals surface area contributed by atoms with Crippen LogP contribution >= 0.6 is 23.2 Å². The highest BCUT2D eigenvalue weighted by atomic mass is 35.5. The van der Waals surface area contributed by atoms with E-state index in [0.29, 0.717) is 11.1 Å². The summed E-state index contributed by atoms with van der Waals surface area (Å²) in [6, 6.07) is 5.09. The van der Waals surface area contributed by atoms with E-state index in [4.69, 9.17) is 33.6 Å². The summed E-state index contributed by atoms with van der Waals surface area (Å²) >= 11 is 11.5. The van der Waals surface area contributed by atoms with Crippen LogP contribution in [-0.2, 0) is 17.1 Å². The van der Waals surface area contributed by atoms with Crippen molar-refractivity contribution in [3.05, 3.63) is 33.8 Å². The van der Waals surface area contributed by atoms with Gasteiger partial charge in [0, 0.05) is 5.88 Å². The van der Waals surface area contributed by atoms with Crippen LogP contribution in [0.25, 0.3) is 0 Å². The Morgan fingerprint density at radius 2 is 2.07 bits per heavy atom. The molecule has 15 heavy (non-hydrogen) atoms. The van der Waals surface area contributed by atoms with Crippen LogP contribution < -0.4 is 0 Å². The summed E-state index contributed by atoms with van der Waals surface area (Å²) in [4.78, 5) is 10.5. The van der Waals surface area contributed by atoms with Crippen LogP contribution in [0, 0.1) is 11.3 Å². The highest BCUT2D eigenvalue weighted by Gasteiger charge is 2.12. The largest absolute Gasteiger partial charge is 0.481 e. The van der Waals surface area contributed by atoms with Crippen LogP contribution in [0.3, 0.4) is 0 Å². The Kier molecular flexibility index (Phi) is 3.96. The Labute approximate surface area is 96.8 Å². The second-order valence-corrected chi connectivity index (χ2v) is 3.53. The first kappa shape index (κ1) is 11.8. The van der Waals surface area contributed by atoms with Crippen LogP contribution in [0.2, 0.25) is 5.02 Å². The van der Waals surface area contributed by atoms with E-state index in [1.54, 1.807) is 12.1 Å². The number of nitriles is 1. The number of alkyl halides is 1. The summed E-state index contributed by atoms with van der Waals surface area (Å²) in [7, 11) is 0. The van der Waals surface area contributed by atoms with Crippen molar-refractivity contribution in [2.75, 3.05) is 0 Å². The Hall–Kier alpha value is -1.24. The van der Waals surface area contributed by atoms with Crippen LogP contribution in [0.1, 0.15) is 16.7 Å². The number of hydrogen-bond acceptors (Lipinski definition) is 2. The van der Waals surface area contributed by atoms with Gasteiger partial charge < -0.3 is 5.11 Å². The first-order valence-corrected chi connectivity index (χ1v) is 4.99. The van der Waals surface area contributed by atoms with E-state index in [-0.39, 0.29) is 22.9 Å². The predicted octanol–water partition coefficient (Wildman–Crippen LogP) is 2.58. The van der Waals surface area contributed by atoms with Gasteiger partial charge in [-0.25, -0.2) is 0 Å². The van der Waals surface area contributed by atoms with E-state index in [9.17, 15) is 4.79 Å². The lowest BCUT2D eigenvalue weighted by atomic mass is 10.0.